The smallest absolute Gasteiger partial charge is 0.231 e. The number of fused-ring (bicyclic) bond motifs is 1. The molecule has 2 aromatic carbocycles. The van der Waals surface area contributed by atoms with Gasteiger partial charge in [0, 0.05) is 42.3 Å². The summed E-state index contributed by atoms with van der Waals surface area (Å²) in [5.74, 6) is 2.01. The summed E-state index contributed by atoms with van der Waals surface area (Å²) < 4.78 is 7.47. The van der Waals surface area contributed by atoms with E-state index in [-0.39, 0.29) is 11.8 Å². The summed E-state index contributed by atoms with van der Waals surface area (Å²) in [7, 11) is 0. The highest BCUT2D eigenvalue weighted by Gasteiger charge is 2.25. The third kappa shape index (κ3) is 5.54. The van der Waals surface area contributed by atoms with Gasteiger partial charge in [0.25, 0.3) is 0 Å². The fourth-order valence-electron chi connectivity index (χ4n) is 4.75. The van der Waals surface area contributed by atoms with E-state index < -0.39 is 0 Å². The number of hydrogen-bond donors (Lipinski definition) is 1. The molecule has 6 rings (SSSR count). The summed E-state index contributed by atoms with van der Waals surface area (Å²) in [5.41, 5.74) is 3.52. The number of benzene rings is 2. The first-order valence-corrected chi connectivity index (χ1v) is 13.1. The first-order valence-electron chi connectivity index (χ1n) is 13.1. The highest BCUT2D eigenvalue weighted by Crippen LogP contribution is 2.25. The lowest BCUT2D eigenvalue weighted by Gasteiger charge is -2.32. The van der Waals surface area contributed by atoms with Crippen molar-refractivity contribution in [1.29, 1.82) is 0 Å². The van der Waals surface area contributed by atoms with Gasteiger partial charge in [0.05, 0.1) is 12.2 Å². The minimum atomic E-state index is -0.0309. The zero-order chi connectivity index (χ0) is 26.4. The molecule has 1 fully saturated rings. The predicted octanol–water partition coefficient (Wildman–Crippen LogP) is 3.66. The molecule has 0 saturated carbocycles. The molecule has 39 heavy (non-hydrogen) atoms. The van der Waals surface area contributed by atoms with Crippen LogP contribution in [0.5, 0.6) is 5.88 Å². The molecule has 5 aromatic rings. The van der Waals surface area contributed by atoms with Crippen molar-refractivity contribution in [3.8, 4) is 28.5 Å². The van der Waals surface area contributed by atoms with Gasteiger partial charge in [-0.1, -0.05) is 60.7 Å². The highest BCUT2D eigenvalue weighted by molar-refractivity contribution is 5.79. The molecule has 1 saturated heterocycles. The van der Waals surface area contributed by atoms with Crippen LogP contribution in [0.15, 0.2) is 85.2 Å². The van der Waals surface area contributed by atoms with E-state index in [4.69, 9.17) is 4.74 Å². The van der Waals surface area contributed by atoms with Gasteiger partial charge >= 0.3 is 0 Å². The summed E-state index contributed by atoms with van der Waals surface area (Å²) in [6.07, 6.45) is 3.14. The molecule has 4 heterocycles. The van der Waals surface area contributed by atoms with Gasteiger partial charge in [-0.2, -0.15) is 4.52 Å². The molecule has 3 aromatic heterocycles. The highest BCUT2D eigenvalue weighted by atomic mass is 16.5. The summed E-state index contributed by atoms with van der Waals surface area (Å²) in [6.45, 7) is 2.26. The van der Waals surface area contributed by atoms with Crippen LogP contribution in [0.25, 0.3) is 28.3 Å². The zero-order valence-electron chi connectivity index (χ0n) is 21.3. The summed E-state index contributed by atoms with van der Waals surface area (Å²) >= 11 is 0. The van der Waals surface area contributed by atoms with E-state index in [1.807, 2.05) is 72.8 Å². The molecule has 0 unspecified atom stereocenters. The summed E-state index contributed by atoms with van der Waals surface area (Å²) in [4.78, 5) is 23.9. The van der Waals surface area contributed by atoms with E-state index in [2.05, 4.69) is 35.5 Å². The van der Waals surface area contributed by atoms with E-state index in [1.54, 1.807) is 16.9 Å². The van der Waals surface area contributed by atoms with Gasteiger partial charge in [-0.3, -0.25) is 4.79 Å². The maximum atomic E-state index is 12.8. The van der Waals surface area contributed by atoms with Crippen molar-refractivity contribution in [1.82, 2.24) is 35.1 Å². The average Bonchev–Trinajstić information content (AvgIpc) is 3.44. The topological polar surface area (TPSA) is 110 Å². The van der Waals surface area contributed by atoms with Gasteiger partial charge in [0.2, 0.25) is 11.8 Å². The second kappa shape index (κ2) is 11.3. The Morgan fingerprint density at radius 2 is 1.64 bits per heavy atom. The second-order valence-corrected chi connectivity index (χ2v) is 9.36. The number of ether oxygens (including phenoxy) is 1. The number of carbonyl (C=O) groups excluding carboxylic acids is 1. The van der Waals surface area contributed by atoms with Crippen LogP contribution in [0, 0.1) is 5.92 Å². The molecular formula is C29H28N8O2. The van der Waals surface area contributed by atoms with Crippen molar-refractivity contribution in [2.24, 2.45) is 5.92 Å². The van der Waals surface area contributed by atoms with Gasteiger partial charge < -0.3 is 15.0 Å². The number of amides is 1. The molecule has 0 bridgehead atoms. The van der Waals surface area contributed by atoms with Gasteiger partial charge in [-0.25, -0.2) is 9.97 Å². The predicted molar refractivity (Wildman–Crippen MR) is 147 cm³/mol. The van der Waals surface area contributed by atoms with Crippen molar-refractivity contribution >= 4 is 17.4 Å². The van der Waals surface area contributed by atoms with Crippen LogP contribution in [0.2, 0.25) is 0 Å². The van der Waals surface area contributed by atoms with Crippen LogP contribution >= 0.6 is 0 Å². The Balaban J connectivity index is 0.984. The van der Waals surface area contributed by atoms with Crippen molar-refractivity contribution in [2.45, 2.75) is 12.8 Å². The first-order chi connectivity index (χ1) is 19.2. The maximum absolute atomic E-state index is 12.8. The standard InChI is InChI=1S/C29H28N8O2/c38-29(23-13-16-36(17-14-23)26-19-24(31-20-32-26)21-7-3-1-4-8-21)30-15-18-39-27-12-11-25-33-34-28(37(25)35-27)22-9-5-2-6-10-22/h1-12,19-20,23H,13-18H2,(H,30,38). The molecular weight excluding hydrogens is 492 g/mol. The number of aromatic nitrogens is 6. The van der Waals surface area contributed by atoms with Crippen molar-refractivity contribution in [3.63, 3.8) is 0 Å². The number of anilines is 1. The van der Waals surface area contributed by atoms with Gasteiger partial charge in [0.1, 0.15) is 18.8 Å². The number of nitrogens with one attached hydrogen (secondary N) is 1. The normalized spacial score (nSPS) is 13.9. The fourth-order valence-corrected chi connectivity index (χ4v) is 4.75. The van der Waals surface area contributed by atoms with Crippen LogP contribution in [-0.4, -0.2) is 61.9 Å². The Morgan fingerprint density at radius 1 is 0.897 bits per heavy atom. The molecule has 1 amide bonds. The van der Waals surface area contributed by atoms with E-state index in [9.17, 15) is 4.79 Å². The molecule has 10 heteroatoms. The van der Waals surface area contributed by atoms with Crippen molar-refractivity contribution < 1.29 is 9.53 Å². The number of nitrogens with zero attached hydrogens (tertiary/aromatic N) is 7. The number of carbonyl (C=O) groups is 1. The number of rotatable bonds is 8. The molecule has 0 atom stereocenters. The third-order valence-corrected chi connectivity index (χ3v) is 6.83. The monoisotopic (exact) mass is 520 g/mol. The first kappa shape index (κ1) is 24.5. The lowest BCUT2D eigenvalue weighted by molar-refractivity contribution is -0.125. The Kier molecular flexibility index (Phi) is 7.07. The quantitative estimate of drug-likeness (QED) is 0.309. The van der Waals surface area contributed by atoms with E-state index in [0.29, 0.717) is 30.5 Å². The van der Waals surface area contributed by atoms with Gasteiger partial charge in [-0.05, 0) is 18.9 Å². The fraction of sp³-hybridized carbons (Fsp3) is 0.241. The Bertz CT molecular complexity index is 1550. The Morgan fingerprint density at radius 3 is 2.41 bits per heavy atom. The van der Waals surface area contributed by atoms with Gasteiger partial charge in [0.15, 0.2) is 11.5 Å². The third-order valence-electron chi connectivity index (χ3n) is 6.83. The van der Waals surface area contributed by atoms with Crippen molar-refractivity contribution in [2.75, 3.05) is 31.1 Å². The number of piperidine rings is 1. The van der Waals surface area contributed by atoms with Crippen LogP contribution in [-0.2, 0) is 4.79 Å². The average molecular weight is 521 g/mol. The van der Waals surface area contributed by atoms with E-state index >= 15 is 0 Å². The van der Waals surface area contributed by atoms with Crippen LogP contribution in [0.1, 0.15) is 12.8 Å². The zero-order valence-corrected chi connectivity index (χ0v) is 21.3. The minimum Gasteiger partial charge on any atom is -0.475 e. The molecule has 1 N–H and O–H groups in total. The van der Waals surface area contributed by atoms with E-state index in [1.165, 1.54) is 0 Å². The summed E-state index contributed by atoms with van der Waals surface area (Å²) in [6, 6.07) is 25.4. The maximum Gasteiger partial charge on any atom is 0.231 e. The second-order valence-electron chi connectivity index (χ2n) is 9.36. The summed E-state index contributed by atoms with van der Waals surface area (Å²) in [5, 5.41) is 16.0. The molecule has 196 valence electrons. The minimum absolute atomic E-state index is 0.0309. The largest absolute Gasteiger partial charge is 0.475 e. The molecule has 0 radical (unpaired) electrons. The van der Waals surface area contributed by atoms with Crippen LogP contribution in [0.4, 0.5) is 5.82 Å². The van der Waals surface area contributed by atoms with Crippen LogP contribution < -0.4 is 15.0 Å². The lowest BCUT2D eigenvalue weighted by atomic mass is 9.96. The molecule has 1 aliphatic heterocycles. The Labute approximate surface area is 225 Å². The van der Waals surface area contributed by atoms with E-state index in [0.717, 1.165) is 48.6 Å². The lowest BCUT2D eigenvalue weighted by Crippen LogP contribution is -2.41. The Hall–Kier alpha value is -4.86. The molecule has 1 aliphatic rings. The molecule has 10 nitrogen and oxygen atoms in total. The SMILES string of the molecule is O=C(NCCOc1ccc2nnc(-c3ccccc3)n2n1)C1CCN(c2cc(-c3ccccc3)ncn2)CC1. The van der Waals surface area contributed by atoms with Crippen molar-refractivity contribution in [3.05, 3.63) is 85.2 Å². The molecule has 0 aliphatic carbocycles. The number of hydrogen-bond acceptors (Lipinski definition) is 8. The van der Waals surface area contributed by atoms with Crippen LogP contribution in [0.3, 0.4) is 0 Å². The van der Waals surface area contributed by atoms with Gasteiger partial charge in [-0.15, -0.1) is 15.3 Å². The molecule has 0 spiro atoms.